The normalized spacial score (nSPS) is 19.9. The second-order valence-corrected chi connectivity index (χ2v) is 8.72. The van der Waals surface area contributed by atoms with Gasteiger partial charge in [0.25, 0.3) is 5.91 Å². The number of carbonyl (C=O) groups excluding carboxylic acids is 1. The number of aromatic amines is 1. The van der Waals surface area contributed by atoms with Crippen molar-refractivity contribution in [3.05, 3.63) is 52.6 Å². The van der Waals surface area contributed by atoms with Crippen LogP contribution in [0.5, 0.6) is 5.75 Å². The summed E-state index contributed by atoms with van der Waals surface area (Å²) in [6.45, 7) is 4.07. The molecule has 0 unspecified atom stereocenters. The van der Waals surface area contributed by atoms with Crippen LogP contribution in [0.2, 0.25) is 5.02 Å². The van der Waals surface area contributed by atoms with E-state index >= 15 is 0 Å². The number of hydrogen-bond acceptors (Lipinski definition) is 7. The summed E-state index contributed by atoms with van der Waals surface area (Å²) in [4.78, 5) is 25.5. The lowest BCUT2D eigenvalue weighted by molar-refractivity contribution is -0.0928. The number of carbonyl (C=O) groups is 1. The number of rotatable bonds is 6. The van der Waals surface area contributed by atoms with E-state index in [0.29, 0.717) is 71.3 Å². The van der Waals surface area contributed by atoms with E-state index in [0.717, 1.165) is 12.1 Å². The fraction of sp³-hybridized carbons (Fsp3) is 0.375. The predicted octanol–water partition coefficient (Wildman–Crippen LogP) is 3.82. The topological polar surface area (TPSA) is 110 Å². The van der Waals surface area contributed by atoms with Crippen LogP contribution in [0.25, 0.3) is 11.4 Å². The third-order valence-electron chi connectivity index (χ3n) is 6.07. The predicted molar refractivity (Wildman–Crippen MR) is 128 cm³/mol. The highest BCUT2D eigenvalue weighted by Crippen LogP contribution is 2.43. The molecule has 0 aliphatic carbocycles. The molecule has 1 fully saturated rings. The molecule has 3 N–H and O–H groups in total. The lowest BCUT2D eigenvalue weighted by Gasteiger charge is -2.29. The Labute approximate surface area is 202 Å². The molecule has 2 aromatic heterocycles. The molecule has 2 aliphatic heterocycles. The first-order valence-electron chi connectivity index (χ1n) is 11.2. The van der Waals surface area contributed by atoms with Gasteiger partial charge in [-0.15, -0.1) is 0 Å². The Morgan fingerprint density at radius 3 is 2.94 bits per heavy atom. The van der Waals surface area contributed by atoms with Crippen LogP contribution in [0, 0.1) is 6.92 Å². The lowest BCUT2D eigenvalue weighted by atomic mass is 9.91. The number of aryl methyl sites for hydroxylation is 1. The van der Waals surface area contributed by atoms with Gasteiger partial charge < -0.3 is 29.8 Å². The SMILES string of the molecule is COc1c(Cl)cccc1Nc1c(-c2ccnc(C)n2)[nH]c2c1C(=O)NC[C@@H]2C[C@@H]1COCCO1. The van der Waals surface area contributed by atoms with E-state index in [1.165, 1.54) is 0 Å². The van der Waals surface area contributed by atoms with Crippen molar-refractivity contribution in [2.45, 2.75) is 25.4 Å². The average Bonchev–Trinajstić information content (AvgIpc) is 3.22. The van der Waals surface area contributed by atoms with Crippen molar-refractivity contribution < 1.29 is 19.0 Å². The van der Waals surface area contributed by atoms with Crippen LogP contribution in [0.15, 0.2) is 30.5 Å². The molecule has 34 heavy (non-hydrogen) atoms. The minimum atomic E-state index is -0.163. The van der Waals surface area contributed by atoms with Crippen LogP contribution in [-0.4, -0.2) is 60.4 Å². The number of nitrogens with zero attached hydrogens (tertiary/aromatic N) is 2. The van der Waals surface area contributed by atoms with Crippen molar-refractivity contribution in [2.75, 3.05) is 38.8 Å². The molecule has 0 spiro atoms. The van der Waals surface area contributed by atoms with Crippen molar-refractivity contribution in [1.82, 2.24) is 20.3 Å². The highest BCUT2D eigenvalue weighted by molar-refractivity contribution is 6.32. The molecule has 0 radical (unpaired) electrons. The minimum absolute atomic E-state index is 0.0258. The number of ether oxygens (including phenoxy) is 3. The second kappa shape index (κ2) is 9.61. The van der Waals surface area contributed by atoms with Crippen LogP contribution in [0.3, 0.4) is 0 Å². The van der Waals surface area contributed by atoms with E-state index in [-0.39, 0.29) is 17.9 Å². The van der Waals surface area contributed by atoms with Crippen molar-refractivity contribution in [2.24, 2.45) is 0 Å². The highest BCUT2D eigenvalue weighted by Gasteiger charge is 2.35. The summed E-state index contributed by atoms with van der Waals surface area (Å²) < 4.78 is 17.0. The summed E-state index contributed by atoms with van der Waals surface area (Å²) in [6, 6.07) is 7.24. The number of halogens is 1. The molecule has 2 atom stereocenters. The zero-order chi connectivity index (χ0) is 23.7. The summed E-state index contributed by atoms with van der Waals surface area (Å²) in [7, 11) is 1.56. The Morgan fingerprint density at radius 1 is 1.29 bits per heavy atom. The number of methoxy groups -OCH3 is 1. The van der Waals surface area contributed by atoms with Gasteiger partial charge in [0.1, 0.15) is 5.82 Å². The molecule has 1 saturated heterocycles. The number of benzene rings is 1. The molecule has 10 heteroatoms. The zero-order valence-corrected chi connectivity index (χ0v) is 19.7. The zero-order valence-electron chi connectivity index (χ0n) is 19.0. The second-order valence-electron chi connectivity index (χ2n) is 8.31. The summed E-state index contributed by atoms with van der Waals surface area (Å²) in [5.74, 6) is 0.983. The molecule has 1 amide bonds. The molecule has 3 aromatic rings. The fourth-order valence-corrected chi connectivity index (χ4v) is 4.77. The molecule has 1 aromatic carbocycles. The maximum absolute atomic E-state index is 13.2. The highest BCUT2D eigenvalue weighted by atomic mass is 35.5. The first kappa shape index (κ1) is 22.6. The smallest absolute Gasteiger partial charge is 0.255 e. The average molecular weight is 484 g/mol. The molecular formula is C24H26ClN5O4. The molecule has 9 nitrogen and oxygen atoms in total. The molecular weight excluding hydrogens is 458 g/mol. The molecule has 0 saturated carbocycles. The van der Waals surface area contributed by atoms with Gasteiger partial charge in [0.15, 0.2) is 5.75 Å². The minimum Gasteiger partial charge on any atom is -0.493 e. The number of fused-ring (bicyclic) bond motifs is 1. The number of aromatic nitrogens is 3. The van der Waals surface area contributed by atoms with Gasteiger partial charge in [0, 0.05) is 24.4 Å². The van der Waals surface area contributed by atoms with E-state index < -0.39 is 0 Å². The Balaban J connectivity index is 1.62. The van der Waals surface area contributed by atoms with Gasteiger partial charge in [-0.05, 0) is 31.5 Å². The fourth-order valence-electron chi connectivity index (χ4n) is 4.52. The molecule has 4 heterocycles. The van der Waals surface area contributed by atoms with E-state index in [2.05, 4.69) is 25.6 Å². The van der Waals surface area contributed by atoms with Crippen molar-refractivity contribution in [3.63, 3.8) is 0 Å². The first-order valence-corrected chi connectivity index (χ1v) is 11.6. The Kier molecular flexibility index (Phi) is 6.40. The van der Waals surface area contributed by atoms with Crippen molar-refractivity contribution in [1.29, 1.82) is 0 Å². The Bertz CT molecular complexity index is 1210. The number of para-hydroxylation sites is 1. The lowest BCUT2D eigenvalue weighted by Crippen LogP contribution is -2.38. The summed E-state index contributed by atoms with van der Waals surface area (Å²) in [6.07, 6.45) is 2.39. The number of amides is 1. The van der Waals surface area contributed by atoms with E-state index in [9.17, 15) is 4.79 Å². The van der Waals surface area contributed by atoms with Crippen molar-refractivity contribution in [3.8, 4) is 17.1 Å². The summed E-state index contributed by atoms with van der Waals surface area (Å²) in [5.41, 5.74) is 4.00. The number of hydrogen-bond donors (Lipinski definition) is 3. The maximum Gasteiger partial charge on any atom is 0.255 e. The van der Waals surface area contributed by atoms with Gasteiger partial charge >= 0.3 is 0 Å². The monoisotopic (exact) mass is 483 g/mol. The largest absolute Gasteiger partial charge is 0.493 e. The van der Waals surface area contributed by atoms with E-state index in [1.807, 2.05) is 25.1 Å². The standard InChI is InChI=1S/C24H26ClN5O4/c1-13-26-7-6-17(28-13)21-22(29-18-5-3-4-16(25)23(18)32-2)19-20(30-21)14(11-27-24(19)31)10-15-12-33-8-9-34-15/h3-7,14-15,29-30H,8-12H2,1-2H3,(H,27,31)/t14-,15+/m0/s1. The Morgan fingerprint density at radius 2 is 2.18 bits per heavy atom. The maximum atomic E-state index is 13.2. The van der Waals surface area contributed by atoms with Crippen LogP contribution in [0.1, 0.15) is 34.2 Å². The number of anilines is 2. The van der Waals surface area contributed by atoms with Gasteiger partial charge in [-0.2, -0.15) is 0 Å². The summed E-state index contributed by atoms with van der Waals surface area (Å²) >= 11 is 6.35. The van der Waals surface area contributed by atoms with E-state index in [4.69, 9.17) is 25.8 Å². The quantitative estimate of drug-likeness (QED) is 0.488. The van der Waals surface area contributed by atoms with Crippen LogP contribution < -0.4 is 15.4 Å². The molecule has 178 valence electrons. The van der Waals surface area contributed by atoms with Crippen molar-refractivity contribution >= 4 is 28.9 Å². The molecule has 2 aliphatic rings. The number of nitrogens with one attached hydrogen (secondary N) is 3. The van der Waals surface area contributed by atoms with Gasteiger partial charge in [-0.1, -0.05) is 17.7 Å². The van der Waals surface area contributed by atoms with Gasteiger partial charge in [0.05, 0.1) is 66.4 Å². The molecule has 0 bridgehead atoms. The first-order chi connectivity index (χ1) is 16.5. The summed E-state index contributed by atoms with van der Waals surface area (Å²) in [5, 5.41) is 6.90. The van der Waals surface area contributed by atoms with Gasteiger partial charge in [-0.25, -0.2) is 9.97 Å². The molecule has 5 rings (SSSR count). The van der Waals surface area contributed by atoms with E-state index in [1.54, 1.807) is 19.4 Å². The third kappa shape index (κ3) is 4.34. The van der Waals surface area contributed by atoms with Crippen LogP contribution in [-0.2, 0) is 9.47 Å². The van der Waals surface area contributed by atoms with Crippen LogP contribution >= 0.6 is 11.6 Å². The third-order valence-corrected chi connectivity index (χ3v) is 6.37. The van der Waals surface area contributed by atoms with Crippen LogP contribution in [0.4, 0.5) is 11.4 Å². The van der Waals surface area contributed by atoms with Gasteiger partial charge in [0.2, 0.25) is 0 Å². The Hall–Kier alpha value is -3.14. The van der Waals surface area contributed by atoms with Gasteiger partial charge in [-0.3, -0.25) is 4.79 Å². The number of H-pyrrole nitrogens is 1.